The van der Waals surface area contributed by atoms with Crippen molar-refractivity contribution in [2.24, 2.45) is 0 Å². The van der Waals surface area contributed by atoms with Gasteiger partial charge >= 0.3 is 6.03 Å². The summed E-state index contributed by atoms with van der Waals surface area (Å²) in [7, 11) is -3.23. The molecule has 0 aliphatic carbocycles. The number of urea groups is 1. The lowest BCUT2D eigenvalue weighted by Gasteiger charge is -2.31. The van der Waals surface area contributed by atoms with E-state index in [1.165, 1.54) is 10.6 Å². The minimum atomic E-state index is -3.23. The number of benzene rings is 1. The minimum Gasteiger partial charge on any atom is -0.334 e. The van der Waals surface area contributed by atoms with Gasteiger partial charge in [-0.2, -0.15) is 0 Å². The van der Waals surface area contributed by atoms with Crippen LogP contribution in [-0.2, 0) is 16.4 Å². The second-order valence-electron chi connectivity index (χ2n) is 6.84. The van der Waals surface area contributed by atoms with Gasteiger partial charge in [-0.1, -0.05) is 36.4 Å². The van der Waals surface area contributed by atoms with Crippen LogP contribution in [0, 0.1) is 0 Å². The third kappa shape index (κ3) is 5.79. The van der Waals surface area contributed by atoms with Crippen LogP contribution in [0.5, 0.6) is 0 Å². The Labute approximate surface area is 164 Å². The third-order valence-corrected chi connectivity index (χ3v) is 6.92. The van der Waals surface area contributed by atoms with E-state index in [0.29, 0.717) is 19.5 Å². The summed E-state index contributed by atoms with van der Waals surface area (Å²) in [5.74, 6) is 0. The maximum atomic E-state index is 12.6. The van der Waals surface area contributed by atoms with Crippen LogP contribution < -0.4 is 10.6 Å². The van der Waals surface area contributed by atoms with Crippen molar-refractivity contribution in [3.8, 4) is 0 Å². The zero-order valence-electron chi connectivity index (χ0n) is 15.3. The van der Waals surface area contributed by atoms with Gasteiger partial charge in [0, 0.05) is 24.0 Å². The highest BCUT2D eigenvalue weighted by Crippen LogP contribution is 2.23. The Balaban J connectivity index is 1.62. The molecule has 27 heavy (non-hydrogen) atoms. The SMILES string of the molecule is CS(=O)(=O)N1CCCC(NC(=O)NC(Cc2ccccc2)c2cccs2)C1. The third-order valence-electron chi connectivity index (χ3n) is 4.66. The van der Waals surface area contributed by atoms with Crippen molar-refractivity contribution in [3.05, 3.63) is 58.3 Å². The number of carbonyl (C=O) groups is 1. The predicted molar refractivity (Wildman–Crippen MR) is 108 cm³/mol. The Bertz CT molecular complexity index is 838. The molecule has 1 aromatic heterocycles. The molecular formula is C19H25N3O3S2. The van der Waals surface area contributed by atoms with Crippen molar-refractivity contribution in [2.45, 2.75) is 31.3 Å². The molecule has 0 spiro atoms. The summed E-state index contributed by atoms with van der Waals surface area (Å²) in [6, 6.07) is 13.5. The van der Waals surface area contributed by atoms with E-state index in [1.54, 1.807) is 11.3 Å². The van der Waals surface area contributed by atoms with Crippen molar-refractivity contribution >= 4 is 27.4 Å². The van der Waals surface area contributed by atoms with Gasteiger partial charge in [0.1, 0.15) is 0 Å². The number of carbonyl (C=O) groups excluding carboxylic acids is 1. The molecule has 6 nitrogen and oxygen atoms in total. The fourth-order valence-electron chi connectivity index (χ4n) is 3.31. The molecule has 8 heteroatoms. The molecule has 2 unspecified atom stereocenters. The van der Waals surface area contributed by atoms with E-state index >= 15 is 0 Å². The number of piperidine rings is 1. The van der Waals surface area contributed by atoms with Crippen LogP contribution in [0.15, 0.2) is 47.8 Å². The highest BCUT2D eigenvalue weighted by Gasteiger charge is 2.27. The number of nitrogens with zero attached hydrogens (tertiary/aromatic N) is 1. The van der Waals surface area contributed by atoms with E-state index in [0.717, 1.165) is 23.3 Å². The van der Waals surface area contributed by atoms with Crippen LogP contribution in [0.25, 0.3) is 0 Å². The summed E-state index contributed by atoms with van der Waals surface area (Å²) in [6.45, 7) is 0.846. The molecule has 2 atom stereocenters. The first-order valence-corrected chi connectivity index (χ1v) is 11.7. The minimum absolute atomic E-state index is 0.123. The van der Waals surface area contributed by atoms with E-state index in [4.69, 9.17) is 0 Å². The summed E-state index contributed by atoms with van der Waals surface area (Å²) in [5.41, 5.74) is 1.15. The first kappa shape index (κ1) is 19.9. The number of amides is 2. The van der Waals surface area contributed by atoms with Crippen LogP contribution >= 0.6 is 11.3 Å². The van der Waals surface area contributed by atoms with Crippen LogP contribution in [0.3, 0.4) is 0 Å². The molecule has 1 aliphatic heterocycles. The fraction of sp³-hybridized carbons (Fsp3) is 0.421. The monoisotopic (exact) mass is 407 g/mol. The Morgan fingerprint density at radius 2 is 2.04 bits per heavy atom. The van der Waals surface area contributed by atoms with Crippen LogP contribution in [0.2, 0.25) is 0 Å². The molecule has 1 aliphatic rings. The van der Waals surface area contributed by atoms with Crippen molar-refractivity contribution in [2.75, 3.05) is 19.3 Å². The van der Waals surface area contributed by atoms with Gasteiger partial charge in [-0.15, -0.1) is 11.3 Å². The summed E-state index contributed by atoms with van der Waals surface area (Å²) in [4.78, 5) is 13.7. The lowest BCUT2D eigenvalue weighted by atomic mass is 10.0. The molecule has 2 aromatic rings. The predicted octanol–water partition coefficient (Wildman–Crippen LogP) is 2.76. The number of nitrogens with one attached hydrogen (secondary N) is 2. The van der Waals surface area contributed by atoms with Gasteiger partial charge in [0.2, 0.25) is 10.0 Å². The maximum Gasteiger partial charge on any atom is 0.315 e. The lowest BCUT2D eigenvalue weighted by molar-refractivity contribution is 0.222. The van der Waals surface area contributed by atoms with Gasteiger partial charge < -0.3 is 10.6 Å². The molecule has 0 saturated carbocycles. The molecule has 146 valence electrons. The van der Waals surface area contributed by atoms with E-state index in [9.17, 15) is 13.2 Å². The van der Waals surface area contributed by atoms with Gasteiger partial charge in [0.05, 0.1) is 12.3 Å². The summed E-state index contributed by atoms with van der Waals surface area (Å²) >= 11 is 1.61. The Kier molecular flexibility index (Phi) is 6.51. The smallest absolute Gasteiger partial charge is 0.315 e. The van der Waals surface area contributed by atoms with Crippen LogP contribution in [-0.4, -0.2) is 44.1 Å². The molecule has 0 radical (unpaired) electrons. The number of hydrogen-bond donors (Lipinski definition) is 2. The summed E-state index contributed by atoms with van der Waals surface area (Å²) in [6.07, 6.45) is 3.44. The van der Waals surface area contributed by atoms with Gasteiger partial charge in [0.25, 0.3) is 0 Å². The van der Waals surface area contributed by atoms with Gasteiger partial charge in [0.15, 0.2) is 0 Å². The normalized spacial score (nSPS) is 19.4. The van der Waals surface area contributed by atoms with Crippen molar-refractivity contribution in [1.29, 1.82) is 0 Å². The molecule has 3 rings (SSSR count). The van der Waals surface area contributed by atoms with Crippen molar-refractivity contribution in [3.63, 3.8) is 0 Å². The topological polar surface area (TPSA) is 78.5 Å². The number of rotatable bonds is 6. The quantitative estimate of drug-likeness (QED) is 0.773. The van der Waals surface area contributed by atoms with E-state index < -0.39 is 10.0 Å². The van der Waals surface area contributed by atoms with E-state index in [-0.39, 0.29) is 18.1 Å². The summed E-state index contributed by atoms with van der Waals surface area (Å²) < 4.78 is 24.9. The number of sulfonamides is 1. The molecule has 1 aromatic carbocycles. The van der Waals surface area contributed by atoms with E-state index in [2.05, 4.69) is 10.6 Å². The lowest BCUT2D eigenvalue weighted by Crippen LogP contribution is -2.52. The fourth-order valence-corrected chi connectivity index (χ4v) is 5.00. The first-order valence-electron chi connectivity index (χ1n) is 9.01. The van der Waals surface area contributed by atoms with Crippen LogP contribution in [0.1, 0.15) is 29.3 Å². The maximum absolute atomic E-state index is 12.6. The summed E-state index contributed by atoms with van der Waals surface area (Å²) in [5, 5.41) is 8.01. The van der Waals surface area contributed by atoms with Gasteiger partial charge in [-0.25, -0.2) is 17.5 Å². The van der Waals surface area contributed by atoms with Crippen LogP contribution in [0.4, 0.5) is 4.79 Å². The zero-order valence-corrected chi connectivity index (χ0v) is 16.9. The molecule has 0 bridgehead atoms. The van der Waals surface area contributed by atoms with Crippen molar-refractivity contribution < 1.29 is 13.2 Å². The second-order valence-corrected chi connectivity index (χ2v) is 9.80. The zero-order chi connectivity index (χ0) is 19.3. The second kappa shape index (κ2) is 8.86. The average Bonchev–Trinajstić information content (AvgIpc) is 3.16. The largest absolute Gasteiger partial charge is 0.334 e. The molecular weight excluding hydrogens is 382 g/mol. The molecule has 2 heterocycles. The van der Waals surface area contributed by atoms with Gasteiger partial charge in [-0.3, -0.25) is 0 Å². The highest BCUT2D eigenvalue weighted by atomic mass is 32.2. The van der Waals surface area contributed by atoms with Gasteiger partial charge in [-0.05, 0) is 36.3 Å². The average molecular weight is 408 g/mol. The Hall–Kier alpha value is -1.90. The van der Waals surface area contributed by atoms with E-state index in [1.807, 2.05) is 47.8 Å². The molecule has 2 amide bonds. The Morgan fingerprint density at radius 1 is 1.26 bits per heavy atom. The highest BCUT2D eigenvalue weighted by molar-refractivity contribution is 7.88. The number of thiophene rings is 1. The molecule has 2 N–H and O–H groups in total. The first-order chi connectivity index (χ1) is 12.9. The van der Waals surface area contributed by atoms with Crippen molar-refractivity contribution in [1.82, 2.24) is 14.9 Å². The standard InChI is InChI=1S/C19H25N3O3S2/c1-27(24,25)22-11-5-9-16(14-22)20-19(23)21-17(18-10-6-12-26-18)13-15-7-3-2-4-8-15/h2-4,6-8,10,12,16-17H,5,9,11,13-14H2,1H3,(H2,20,21,23). The molecule has 1 saturated heterocycles. The molecule has 1 fully saturated rings. The number of hydrogen-bond acceptors (Lipinski definition) is 4. The Morgan fingerprint density at radius 3 is 2.70 bits per heavy atom.